The van der Waals surface area contributed by atoms with E-state index in [1.54, 1.807) is 12.1 Å². The first-order chi connectivity index (χ1) is 10.0. The molecule has 21 heavy (non-hydrogen) atoms. The van der Waals surface area contributed by atoms with Crippen molar-refractivity contribution in [2.45, 2.75) is 51.0 Å². The maximum Gasteiger partial charge on any atom is 0.230 e. The first-order valence-corrected chi connectivity index (χ1v) is 7.70. The van der Waals surface area contributed by atoms with Crippen LogP contribution in [0.15, 0.2) is 24.3 Å². The van der Waals surface area contributed by atoms with E-state index in [-0.39, 0.29) is 17.8 Å². The Morgan fingerprint density at radius 3 is 2.52 bits per heavy atom. The van der Waals surface area contributed by atoms with Crippen LogP contribution in [0, 0.1) is 5.82 Å². The molecule has 1 aliphatic carbocycles. The Kier molecular flexibility index (Phi) is 5.34. The van der Waals surface area contributed by atoms with Gasteiger partial charge in [-0.2, -0.15) is 0 Å². The van der Waals surface area contributed by atoms with Crippen molar-refractivity contribution in [3.8, 4) is 0 Å². The van der Waals surface area contributed by atoms with Crippen molar-refractivity contribution in [1.82, 2.24) is 5.32 Å². The monoisotopic (exact) mass is 293 g/mol. The summed E-state index contributed by atoms with van der Waals surface area (Å²) in [6.07, 6.45) is 3.75. The minimum atomic E-state index is -0.452. The molecule has 1 aliphatic rings. The van der Waals surface area contributed by atoms with Crippen LogP contribution in [-0.4, -0.2) is 25.2 Å². The highest BCUT2D eigenvalue weighted by Crippen LogP contribution is 2.43. The molecule has 1 fully saturated rings. The number of amides is 1. The number of hydrogen-bond donors (Lipinski definition) is 1. The zero-order valence-corrected chi connectivity index (χ0v) is 12.8. The van der Waals surface area contributed by atoms with Crippen molar-refractivity contribution < 1.29 is 13.9 Å². The Balaban J connectivity index is 1.88. The highest BCUT2D eigenvalue weighted by atomic mass is 19.1. The van der Waals surface area contributed by atoms with Crippen molar-refractivity contribution in [3.63, 3.8) is 0 Å². The van der Waals surface area contributed by atoms with E-state index in [2.05, 4.69) is 5.32 Å². The number of nitrogens with one attached hydrogen (secondary N) is 1. The van der Waals surface area contributed by atoms with Crippen LogP contribution in [0.4, 0.5) is 4.39 Å². The van der Waals surface area contributed by atoms with Gasteiger partial charge in [-0.15, -0.1) is 0 Å². The van der Waals surface area contributed by atoms with E-state index in [0.717, 1.165) is 31.2 Å². The molecule has 0 unspecified atom stereocenters. The largest absolute Gasteiger partial charge is 0.379 e. The minimum absolute atomic E-state index is 0.0601. The molecule has 0 aliphatic heterocycles. The van der Waals surface area contributed by atoms with E-state index in [4.69, 9.17) is 4.74 Å². The molecule has 0 heterocycles. The Morgan fingerprint density at radius 2 is 2.00 bits per heavy atom. The number of hydrogen-bond acceptors (Lipinski definition) is 2. The fourth-order valence-corrected chi connectivity index (χ4v) is 2.71. The number of halogens is 1. The first kappa shape index (κ1) is 16.0. The lowest BCUT2D eigenvalue weighted by molar-refractivity contribution is -0.130. The van der Waals surface area contributed by atoms with Gasteiger partial charge in [-0.1, -0.05) is 18.6 Å². The summed E-state index contributed by atoms with van der Waals surface area (Å²) >= 11 is 0. The van der Waals surface area contributed by atoms with Gasteiger partial charge in [0, 0.05) is 13.2 Å². The van der Waals surface area contributed by atoms with E-state index < -0.39 is 5.41 Å². The standard InChI is InChI=1S/C17H24FNO2/c1-13(2)21-12-4-11-19-16(20)17(9-3-10-17)14-5-7-15(18)8-6-14/h5-8,13H,3-4,9-12H2,1-2H3,(H,19,20). The average molecular weight is 293 g/mol. The second kappa shape index (κ2) is 7.03. The molecule has 0 spiro atoms. The molecule has 0 saturated heterocycles. The van der Waals surface area contributed by atoms with Gasteiger partial charge in [-0.05, 0) is 50.8 Å². The van der Waals surface area contributed by atoms with E-state index >= 15 is 0 Å². The number of carbonyl (C=O) groups excluding carboxylic acids is 1. The Morgan fingerprint density at radius 1 is 1.33 bits per heavy atom. The van der Waals surface area contributed by atoms with E-state index in [0.29, 0.717) is 13.2 Å². The molecule has 1 N–H and O–H groups in total. The summed E-state index contributed by atoms with van der Waals surface area (Å²) in [5.41, 5.74) is 0.471. The summed E-state index contributed by atoms with van der Waals surface area (Å²) in [6.45, 7) is 5.27. The van der Waals surface area contributed by atoms with Gasteiger partial charge in [0.1, 0.15) is 5.82 Å². The first-order valence-electron chi connectivity index (χ1n) is 7.70. The van der Waals surface area contributed by atoms with Gasteiger partial charge in [0.2, 0.25) is 5.91 Å². The molecule has 2 rings (SSSR count). The Labute approximate surface area is 125 Å². The second-order valence-electron chi connectivity index (χ2n) is 5.97. The summed E-state index contributed by atoms with van der Waals surface area (Å²) in [6, 6.07) is 6.32. The summed E-state index contributed by atoms with van der Waals surface area (Å²) in [5, 5.41) is 3.00. The van der Waals surface area contributed by atoms with Crippen molar-refractivity contribution in [1.29, 1.82) is 0 Å². The number of rotatable bonds is 7. The maximum absolute atomic E-state index is 13.0. The van der Waals surface area contributed by atoms with Crippen LogP contribution in [0.5, 0.6) is 0 Å². The van der Waals surface area contributed by atoms with Gasteiger partial charge in [0.05, 0.1) is 11.5 Å². The van der Waals surface area contributed by atoms with Crippen molar-refractivity contribution in [2.75, 3.05) is 13.2 Å². The lowest BCUT2D eigenvalue weighted by Gasteiger charge is -2.40. The molecule has 1 amide bonds. The van der Waals surface area contributed by atoms with Gasteiger partial charge in [-0.25, -0.2) is 4.39 Å². The third kappa shape index (κ3) is 3.82. The van der Waals surface area contributed by atoms with Crippen LogP contribution in [0.1, 0.15) is 45.1 Å². The zero-order valence-electron chi connectivity index (χ0n) is 12.8. The van der Waals surface area contributed by atoms with Gasteiger partial charge in [0.25, 0.3) is 0 Å². The lowest BCUT2D eigenvalue weighted by Crippen LogP contribution is -2.49. The molecular weight excluding hydrogens is 269 g/mol. The van der Waals surface area contributed by atoms with Crippen molar-refractivity contribution in [2.24, 2.45) is 0 Å². The van der Waals surface area contributed by atoms with Crippen LogP contribution >= 0.6 is 0 Å². The molecular formula is C17H24FNO2. The van der Waals surface area contributed by atoms with Gasteiger partial charge >= 0.3 is 0 Å². The highest BCUT2D eigenvalue weighted by Gasteiger charge is 2.45. The Bertz CT molecular complexity index is 466. The summed E-state index contributed by atoms with van der Waals surface area (Å²) < 4.78 is 18.5. The Hall–Kier alpha value is -1.42. The number of benzene rings is 1. The smallest absolute Gasteiger partial charge is 0.230 e. The third-order valence-electron chi connectivity index (χ3n) is 4.10. The van der Waals surface area contributed by atoms with Crippen molar-refractivity contribution >= 4 is 5.91 Å². The third-order valence-corrected chi connectivity index (χ3v) is 4.10. The van der Waals surface area contributed by atoms with Crippen LogP contribution in [-0.2, 0) is 14.9 Å². The van der Waals surface area contributed by atoms with E-state index in [1.165, 1.54) is 12.1 Å². The fourth-order valence-electron chi connectivity index (χ4n) is 2.71. The molecule has 116 valence electrons. The second-order valence-corrected chi connectivity index (χ2v) is 5.97. The normalized spacial score (nSPS) is 16.6. The van der Waals surface area contributed by atoms with Crippen LogP contribution in [0.25, 0.3) is 0 Å². The molecule has 0 aromatic heterocycles. The molecule has 1 aromatic carbocycles. The molecule has 0 bridgehead atoms. The predicted molar refractivity (Wildman–Crippen MR) is 80.6 cm³/mol. The van der Waals surface area contributed by atoms with E-state index in [9.17, 15) is 9.18 Å². The van der Waals surface area contributed by atoms with Gasteiger partial charge < -0.3 is 10.1 Å². The summed E-state index contributed by atoms with van der Waals surface area (Å²) in [5.74, 6) is -0.204. The minimum Gasteiger partial charge on any atom is -0.379 e. The SMILES string of the molecule is CC(C)OCCCNC(=O)C1(c2ccc(F)cc2)CCC1. The molecule has 0 radical (unpaired) electrons. The molecule has 1 aromatic rings. The van der Waals surface area contributed by atoms with Crippen LogP contribution in [0.3, 0.4) is 0 Å². The maximum atomic E-state index is 13.0. The molecule has 1 saturated carbocycles. The molecule has 3 nitrogen and oxygen atoms in total. The predicted octanol–water partition coefficient (Wildman–Crippen LogP) is 3.18. The molecule has 0 atom stereocenters. The number of carbonyl (C=O) groups is 1. The van der Waals surface area contributed by atoms with Crippen LogP contribution in [0.2, 0.25) is 0 Å². The lowest BCUT2D eigenvalue weighted by atomic mass is 9.64. The number of ether oxygens (including phenoxy) is 1. The average Bonchev–Trinajstić information content (AvgIpc) is 2.39. The van der Waals surface area contributed by atoms with Crippen LogP contribution < -0.4 is 5.32 Å². The summed E-state index contributed by atoms with van der Waals surface area (Å²) in [4.78, 5) is 12.5. The van der Waals surface area contributed by atoms with Crippen molar-refractivity contribution in [3.05, 3.63) is 35.6 Å². The zero-order chi connectivity index (χ0) is 15.3. The highest BCUT2D eigenvalue weighted by molar-refractivity contribution is 5.89. The summed E-state index contributed by atoms with van der Waals surface area (Å²) in [7, 11) is 0. The van der Waals surface area contributed by atoms with Gasteiger partial charge in [0.15, 0.2) is 0 Å². The quantitative estimate of drug-likeness (QED) is 0.784. The van der Waals surface area contributed by atoms with E-state index in [1.807, 2.05) is 13.8 Å². The molecule has 4 heteroatoms. The fraction of sp³-hybridized carbons (Fsp3) is 0.588. The van der Waals surface area contributed by atoms with Gasteiger partial charge in [-0.3, -0.25) is 4.79 Å². The topological polar surface area (TPSA) is 38.3 Å².